The van der Waals surface area contributed by atoms with E-state index in [1.807, 2.05) is 49.4 Å². The standard InChI is InChI=1S/C27H21ClN2O4/c1-18-10-13-20(14-11-18)33-17-26(31)30-29-16-23-21-7-3-2-6-19(21)12-15-25(23)34-27(32)22-8-4-5-9-24(22)28/h2-16H,17H2,1H3,(H,30,31)/b29-16-. The summed E-state index contributed by atoms with van der Waals surface area (Å²) < 4.78 is 11.1. The third-order valence-corrected chi connectivity index (χ3v) is 5.33. The molecule has 0 atom stereocenters. The van der Waals surface area contributed by atoms with Gasteiger partial charge in [-0.15, -0.1) is 0 Å². The zero-order valence-corrected chi connectivity index (χ0v) is 19.1. The van der Waals surface area contributed by atoms with Crippen LogP contribution >= 0.6 is 11.6 Å². The number of nitrogens with zero attached hydrogens (tertiary/aromatic N) is 1. The zero-order chi connectivity index (χ0) is 23.9. The lowest BCUT2D eigenvalue weighted by Crippen LogP contribution is -2.24. The van der Waals surface area contributed by atoms with Gasteiger partial charge in [0.15, 0.2) is 6.61 Å². The highest BCUT2D eigenvalue weighted by atomic mass is 35.5. The van der Waals surface area contributed by atoms with Gasteiger partial charge in [-0.2, -0.15) is 5.10 Å². The van der Waals surface area contributed by atoms with Crippen LogP contribution in [-0.4, -0.2) is 24.7 Å². The third-order valence-electron chi connectivity index (χ3n) is 5.00. The second kappa shape index (κ2) is 10.6. The maximum atomic E-state index is 12.7. The van der Waals surface area contributed by atoms with Crippen LogP contribution in [0.25, 0.3) is 10.8 Å². The van der Waals surface area contributed by atoms with E-state index in [1.54, 1.807) is 42.5 Å². The number of halogens is 1. The van der Waals surface area contributed by atoms with Crippen molar-refractivity contribution in [2.24, 2.45) is 5.10 Å². The Balaban J connectivity index is 1.51. The molecular weight excluding hydrogens is 452 g/mol. The zero-order valence-electron chi connectivity index (χ0n) is 18.3. The largest absolute Gasteiger partial charge is 0.484 e. The van der Waals surface area contributed by atoms with Gasteiger partial charge in [-0.25, -0.2) is 10.2 Å². The minimum Gasteiger partial charge on any atom is -0.484 e. The molecule has 170 valence electrons. The number of aryl methyl sites for hydroxylation is 1. The molecule has 0 heterocycles. The van der Waals surface area contributed by atoms with Crippen molar-refractivity contribution in [3.05, 3.63) is 107 Å². The quantitative estimate of drug-likeness (QED) is 0.165. The van der Waals surface area contributed by atoms with Crippen LogP contribution < -0.4 is 14.9 Å². The Labute approximate surface area is 201 Å². The molecule has 0 aliphatic rings. The Hall–Kier alpha value is -4.16. The van der Waals surface area contributed by atoms with Gasteiger partial charge in [-0.1, -0.05) is 71.8 Å². The normalized spacial score (nSPS) is 10.9. The summed E-state index contributed by atoms with van der Waals surface area (Å²) in [5.41, 5.74) is 4.33. The lowest BCUT2D eigenvalue weighted by atomic mass is 10.0. The Bertz CT molecular complexity index is 1370. The molecule has 1 amide bonds. The van der Waals surface area contributed by atoms with Crippen molar-refractivity contribution in [3.63, 3.8) is 0 Å². The summed E-state index contributed by atoms with van der Waals surface area (Å²) in [5.74, 6) is -0.136. The minimum absolute atomic E-state index is 0.190. The molecule has 0 saturated carbocycles. The molecule has 0 aliphatic heterocycles. The van der Waals surface area contributed by atoms with E-state index in [0.29, 0.717) is 16.3 Å². The Morgan fingerprint density at radius 2 is 1.68 bits per heavy atom. The molecule has 6 nitrogen and oxygen atoms in total. The molecule has 0 radical (unpaired) electrons. The topological polar surface area (TPSA) is 77.0 Å². The number of hydrazone groups is 1. The molecular formula is C27H21ClN2O4. The molecule has 1 N–H and O–H groups in total. The van der Waals surface area contributed by atoms with Gasteiger partial charge in [-0.3, -0.25) is 4.79 Å². The van der Waals surface area contributed by atoms with E-state index < -0.39 is 11.9 Å². The van der Waals surface area contributed by atoms with Gasteiger partial charge in [0.2, 0.25) is 0 Å². The maximum absolute atomic E-state index is 12.7. The molecule has 0 saturated heterocycles. The van der Waals surface area contributed by atoms with Crippen molar-refractivity contribution in [1.82, 2.24) is 5.43 Å². The Morgan fingerprint density at radius 1 is 0.941 bits per heavy atom. The van der Waals surface area contributed by atoms with Gasteiger partial charge >= 0.3 is 5.97 Å². The number of nitrogens with one attached hydrogen (secondary N) is 1. The second-order valence-electron chi connectivity index (χ2n) is 7.46. The number of esters is 1. The first-order valence-corrected chi connectivity index (χ1v) is 10.9. The lowest BCUT2D eigenvalue weighted by Gasteiger charge is -2.11. The average Bonchev–Trinajstić information content (AvgIpc) is 2.85. The number of hydrogen-bond acceptors (Lipinski definition) is 5. The predicted molar refractivity (Wildman–Crippen MR) is 133 cm³/mol. The number of carbonyl (C=O) groups is 2. The van der Waals surface area contributed by atoms with Crippen LogP contribution in [0.4, 0.5) is 0 Å². The van der Waals surface area contributed by atoms with Crippen LogP contribution in [0.1, 0.15) is 21.5 Å². The van der Waals surface area contributed by atoms with Crippen LogP contribution in [0.2, 0.25) is 5.02 Å². The lowest BCUT2D eigenvalue weighted by molar-refractivity contribution is -0.123. The monoisotopic (exact) mass is 472 g/mol. The van der Waals surface area contributed by atoms with E-state index in [0.717, 1.165) is 16.3 Å². The van der Waals surface area contributed by atoms with Gasteiger partial charge in [0.05, 0.1) is 16.8 Å². The van der Waals surface area contributed by atoms with Crippen molar-refractivity contribution in [2.45, 2.75) is 6.92 Å². The summed E-state index contributed by atoms with van der Waals surface area (Å²) in [6.45, 7) is 1.78. The molecule has 0 spiro atoms. The summed E-state index contributed by atoms with van der Waals surface area (Å²) in [4.78, 5) is 24.9. The fourth-order valence-electron chi connectivity index (χ4n) is 3.26. The highest BCUT2D eigenvalue weighted by molar-refractivity contribution is 6.33. The van der Waals surface area contributed by atoms with E-state index >= 15 is 0 Å². The van der Waals surface area contributed by atoms with Crippen molar-refractivity contribution >= 4 is 40.5 Å². The van der Waals surface area contributed by atoms with Crippen molar-refractivity contribution in [2.75, 3.05) is 6.61 Å². The van der Waals surface area contributed by atoms with Gasteiger partial charge < -0.3 is 9.47 Å². The van der Waals surface area contributed by atoms with E-state index in [1.165, 1.54) is 6.21 Å². The molecule has 0 aliphatic carbocycles. The molecule has 4 aromatic carbocycles. The van der Waals surface area contributed by atoms with Crippen LogP contribution in [0.3, 0.4) is 0 Å². The predicted octanol–water partition coefficient (Wildman–Crippen LogP) is 5.55. The SMILES string of the molecule is Cc1ccc(OCC(=O)N/N=C\c2c(OC(=O)c3ccccc3Cl)ccc3ccccc23)cc1. The Kier molecular flexibility index (Phi) is 7.20. The minimum atomic E-state index is -0.592. The molecule has 0 unspecified atom stereocenters. The third kappa shape index (κ3) is 5.60. The molecule has 7 heteroatoms. The van der Waals surface area contributed by atoms with Gasteiger partial charge in [0.1, 0.15) is 11.5 Å². The first-order valence-electron chi connectivity index (χ1n) is 10.5. The molecule has 0 fully saturated rings. The van der Waals surface area contributed by atoms with E-state index in [2.05, 4.69) is 10.5 Å². The van der Waals surface area contributed by atoms with Crippen molar-refractivity contribution < 1.29 is 19.1 Å². The van der Waals surface area contributed by atoms with Crippen molar-refractivity contribution in [3.8, 4) is 11.5 Å². The number of benzene rings is 4. The van der Waals surface area contributed by atoms with Crippen LogP contribution in [-0.2, 0) is 4.79 Å². The van der Waals surface area contributed by atoms with Gasteiger partial charge in [0.25, 0.3) is 5.91 Å². The molecule has 0 aromatic heterocycles. The van der Waals surface area contributed by atoms with E-state index in [9.17, 15) is 9.59 Å². The fraction of sp³-hybridized carbons (Fsp3) is 0.0741. The highest BCUT2D eigenvalue weighted by Crippen LogP contribution is 2.28. The summed E-state index contributed by atoms with van der Waals surface area (Å²) in [7, 11) is 0. The van der Waals surface area contributed by atoms with E-state index in [4.69, 9.17) is 21.1 Å². The summed E-state index contributed by atoms with van der Waals surface area (Å²) in [6.07, 6.45) is 1.45. The van der Waals surface area contributed by atoms with Crippen molar-refractivity contribution in [1.29, 1.82) is 0 Å². The van der Waals surface area contributed by atoms with Crippen LogP contribution in [0.15, 0.2) is 90.0 Å². The van der Waals surface area contributed by atoms with Crippen LogP contribution in [0.5, 0.6) is 11.5 Å². The summed E-state index contributed by atoms with van der Waals surface area (Å²) in [5, 5.41) is 6.08. The molecule has 4 rings (SSSR count). The molecule has 4 aromatic rings. The first kappa shape index (κ1) is 23.0. The number of rotatable bonds is 7. The number of hydrogen-bond donors (Lipinski definition) is 1. The fourth-order valence-corrected chi connectivity index (χ4v) is 3.48. The van der Waals surface area contributed by atoms with Crippen LogP contribution in [0, 0.1) is 6.92 Å². The Morgan fingerprint density at radius 3 is 2.47 bits per heavy atom. The van der Waals surface area contributed by atoms with Gasteiger partial charge in [0, 0.05) is 5.56 Å². The number of fused-ring (bicyclic) bond motifs is 1. The highest BCUT2D eigenvalue weighted by Gasteiger charge is 2.15. The maximum Gasteiger partial charge on any atom is 0.345 e. The smallest absolute Gasteiger partial charge is 0.345 e. The van der Waals surface area contributed by atoms with E-state index in [-0.39, 0.29) is 17.9 Å². The summed E-state index contributed by atoms with van der Waals surface area (Å²) >= 11 is 6.13. The number of carbonyl (C=O) groups excluding carboxylic acids is 2. The first-order chi connectivity index (χ1) is 16.5. The molecule has 34 heavy (non-hydrogen) atoms. The number of amides is 1. The molecule has 0 bridgehead atoms. The second-order valence-corrected chi connectivity index (χ2v) is 7.87. The summed E-state index contributed by atoms with van der Waals surface area (Å²) in [6, 6.07) is 25.2. The average molecular weight is 473 g/mol. The van der Waals surface area contributed by atoms with Gasteiger partial charge in [-0.05, 0) is 48.0 Å². The number of ether oxygens (including phenoxy) is 2.